The van der Waals surface area contributed by atoms with Gasteiger partial charge in [0.1, 0.15) is 0 Å². The van der Waals surface area contributed by atoms with E-state index in [9.17, 15) is 4.79 Å². The van der Waals surface area contributed by atoms with Crippen LogP contribution in [0.25, 0.3) is 0 Å². The molecule has 0 bridgehead atoms. The number of hydrogen-bond acceptors (Lipinski definition) is 3. The number of carbonyl (C=O) groups excluding carboxylic acids is 1. The molecule has 0 N–H and O–H groups in total. The predicted octanol–water partition coefficient (Wildman–Crippen LogP) is 2.89. The predicted molar refractivity (Wildman–Crippen MR) is 80.6 cm³/mol. The van der Waals surface area contributed by atoms with Gasteiger partial charge in [0.05, 0.1) is 12.5 Å². The maximum atomic E-state index is 11.8. The number of piperidine rings is 1. The van der Waals surface area contributed by atoms with Crippen LogP contribution in [-0.4, -0.2) is 37.1 Å². The molecule has 0 saturated carbocycles. The molecule has 0 aromatic heterocycles. The van der Waals surface area contributed by atoms with Gasteiger partial charge in [-0.25, -0.2) is 0 Å². The van der Waals surface area contributed by atoms with Crippen molar-refractivity contribution in [2.45, 2.75) is 32.6 Å². The zero-order chi connectivity index (χ0) is 14.2. The Kier molecular flexibility index (Phi) is 6.06. The Labute approximate surface area is 121 Å². The van der Waals surface area contributed by atoms with E-state index in [1.807, 2.05) is 6.92 Å². The first-order valence-electron chi connectivity index (χ1n) is 7.72. The molecule has 3 heteroatoms. The summed E-state index contributed by atoms with van der Waals surface area (Å²) in [6.07, 6.45) is 4.35. The normalized spacial score (nSPS) is 19.8. The monoisotopic (exact) mass is 275 g/mol. The SMILES string of the molecule is CCOC(=O)[C@H]1CCCN(CCCc2ccccc2)C1. The van der Waals surface area contributed by atoms with Crippen LogP contribution in [0.1, 0.15) is 31.7 Å². The Balaban J connectivity index is 1.71. The van der Waals surface area contributed by atoms with Crippen LogP contribution in [0, 0.1) is 5.92 Å². The lowest BCUT2D eigenvalue weighted by molar-refractivity contribution is -0.149. The fourth-order valence-corrected chi connectivity index (χ4v) is 2.86. The van der Waals surface area contributed by atoms with E-state index in [0.717, 1.165) is 45.3 Å². The molecule has 20 heavy (non-hydrogen) atoms. The number of esters is 1. The van der Waals surface area contributed by atoms with Gasteiger partial charge < -0.3 is 9.64 Å². The van der Waals surface area contributed by atoms with Gasteiger partial charge in [0.15, 0.2) is 0 Å². The number of rotatable bonds is 6. The van der Waals surface area contributed by atoms with Crippen LogP contribution in [0.15, 0.2) is 30.3 Å². The van der Waals surface area contributed by atoms with Crippen molar-refractivity contribution in [2.75, 3.05) is 26.2 Å². The van der Waals surface area contributed by atoms with Gasteiger partial charge in [-0.2, -0.15) is 0 Å². The minimum absolute atomic E-state index is 0.0136. The van der Waals surface area contributed by atoms with Crippen molar-refractivity contribution in [2.24, 2.45) is 5.92 Å². The largest absolute Gasteiger partial charge is 0.466 e. The quantitative estimate of drug-likeness (QED) is 0.748. The van der Waals surface area contributed by atoms with E-state index in [2.05, 4.69) is 35.2 Å². The molecule has 2 rings (SSSR count). The van der Waals surface area contributed by atoms with Gasteiger partial charge >= 0.3 is 5.97 Å². The molecule has 1 aromatic carbocycles. The zero-order valence-corrected chi connectivity index (χ0v) is 12.4. The molecule has 1 saturated heterocycles. The molecular formula is C17H25NO2. The Morgan fingerprint density at radius 2 is 2.15 bits per heavy atom. The minimum atomic E-state index is -0.0136. The summed E-state index contributed by atoms with van der Waals surface area (Å²) in [7, 11) is 0. The van der Waals surface area contributed by atoms with Crippen LogP contribution in [0.4, 0.5) is 0 Å². The maximum absolute atomic E-state index is 11.8. The highest BCUT2D eigenvalue weighted by Gasteiger charge is 2.26. The molecule has 0 spiro atoms. The van der Waals surface area contributed by atoms with Gasteiger partial charge in [0.25, 0.3) is 0 Å². The van der Waals surface area contributed by atoms with Crippen molar-refractivity contribution in [3.05, 3.63) is 35.9 Å². The lowest BCUT2D eigenvalue weighted by Gasteiger charge is -2.31. The van der Waals surface area contributed by atoms with Crippen molar-refractivity contribution >= 4 is 5.97 Å². The second-order valence-corrected chi connectivity index (χ2v) is 5.48. The third kappa shape index (κ3) is 4.64. The maximum Gasteiger partial charge on any atom is 0.310 e. The fraction of sp³-hybridized carbons (Fsp3) is 0.588. The van der Waals surface area contributed by atoms with Gasteiger partial charge in [-0.3, -0.25) is 4.79 Å². The summed E-state index contributed by atoms with van der Waals surface area (Å²) < 4.78 is 5.14. The lowest BCUT2D eigenvalue weighted by Crippen LogP contribution is -2.39. The van der Waals surface area contributed by atoms with E-state index in [0.29, 0.717) is 6.61 Å². The lowest BCUT2D eigenvalue weighted by atomic mass is 9.98. The van der Waals surface area contributed by atoms with Crippen LogP contribution in [0.5, 0.6) is 0 Å². The summed E-state index contributed by atoms with van der Waals surface area (Å²) in [6, 6.07) is 10.6. The topological polar surface area (TPSA) is 29.5 Å². The average molecular weight is 275 g/mol. The molecule has 0 aliphatic carbocycles. The first-order chi connectivity index (χ1) is 9.79. The number of ether oxygens (including phenoxy) is 1. The summed E-state index contributed by atoms with van der Waals surface area (Å²) in [4.78, 5) is 14.2. The van der Waals surface area contributed by atoms with E-state index in [1.54, 1.807) is 0 Å². The smallest absolute Gasteiger partial charge is 0.310 e. The van der Waals surface area contributed by atoms with Gasteiger partial charge in [-0.05, 0) is 51.3 Å². The van der Waals surface area contributed by atoms with Crippen molar-refractivity contribution in [1.82, 2.24) is 4.90 Å². The Bertz CT molecular complexity index is 405. The number of likely N-dealkylation sites (tertiary alicyclic amines) is 1. The first kappa shape index (κ1) is 15.0. The second kappa shape index (κ2) is 8.05. The van der Waals surface area contributed by atoms with Gasteiger partial charge in [0.2, 0.25) is 0 Å². The molecule has 1 aliphatic rings. The van der Waals surface area contributed by atoms with E-state index >= 15 is 0 Å². The molecule has 0 unspecified atom stereocenters. The van der Waals surface area contributed by atoms with Crippen LogP contribution < -0.4 is 0 Å². The first-order valence-corrected chi connectivity index (χ1v) is 7.72. The van der Waals surface area contributed by atoms with Crippen molar-refractivity contribution in [1.29, 1.82) is 0 Å². The van der Waals surface area contributed by atoms with Crippen LogP contribution in [0.2, 0.25) is 0 Å². The molecule has 110 valence electrons. The number of benzene rings is 1. The van der Waals surface area contributed by atoms with Gasteiger partial charge in [-0.1, -0.05) is 30.3 Å². The Hall–Kier alpha value is -1.35. The van der Waals surface area contributed by atoms with Crippen molar-refractivity contribution < 1.29 is 9.53 Å². The summed E-state index contributed by atoms with van der Waals surface area (Å²) >= 11 is 0. The number of hydrogen-bond donors (Lipinski definition) is 0. The number of carbonyl (C=O) groups is 1. The highest BCUT2D eigenvalue weighted by Crippen LogP contribution is 2.18. The van der Waals surface area contributed by atoms with E-state index < -0.39 is 0 Å². The molecule has 1 aliphatic heterocycles. The molecule has 1 atom stereocenters. The van der Waals surface area contributed by atoms with E-state index in [4.69, 9.17) is 4.74 Å². The highest BCUT2D eigenvalue weighted by atomic mass is 16.5. The summed E-state index contributed by atoms with van der Waals surface area (Å²) in [5.41, 5.74) is 1.39. The molecule has 1 heterocycles. The van der Waals surface area contributed by atoms with Crippen LogP contribution >= 0.6 is 0 Å². The van der Waals surface area contributed by atoms with Crippen LogP contribution in [0.3, 0.4) is 0 Å². The Morgan fingerprint density at radius 3 is 2.90 bits per heavy atom. The average Bonchev–Trinajstić information content (AvgIpc) is 2.49. The van der Waals surface area contributed by atoms with E-state index in [1.165, 1.54) is 5.56 Å². The summed E-state index contributed by atoms with van der Waals surface area (Å²) in [6.45, 7) is 5.42. The molecule has 0 amide bonds. The van der Waals surface area contributed by atoms with Crippen LogP contribution in [-0.2, 0) is 16.0 Å². The molecule has 0 radical (unpaired) electrons. The minimum Gasteiger partial charge on any atom is -0.466 e. The summed E-state index contributed by atoms with van der Waals surface area (Å²) in [5.74, 6) is 0.0701. The summed E-state index contributed by atoms with van der Waals surface area (Å²) in [5, 5.41) is 0. The highest BCUT2D eigenvalue weighted by molar-refractivity contribution is 5.72. The second-order valence-electron chi connectivity index (χ2n) is 5.48. The number of nitrogens with zero attached hydrogens (tertiary/aromatic N) is 1. The number of aryl methyl sites for hydroxylation is 1. The van der Waals surface area contributed by atoms with Gasteiger partial charge in [0, 0.05) is 6.54 Å². The van der Waals surface area contributed by atoms with Crippen molar-refractivity contribution in [3.8, 4) is 0 Å². The molecule has 1 fully saturated rings. The van der Waals surface area contributed by atoms with Crippen molar-refractivity contribution in [3.63, 3.8) is 0 Å². The van der Waals surface area contributed by atoms with Gasteiger partial charge in [-0.15, -0.1) is 0 Å². The van der Waals surface area contributed by atoms with E-state index in [-0.39, 0.29) is 11.9 Å². The molecule has 1 aromatic rings. The third-order valence-corrected chi connectivity index (χ3v) is 3.91. The Morgan fingerprint density at radius 1 is 1.35 bits per heavy atom. The molecule has 3 nitrogen and oxygen atoms in total. The molecular weight excluding hydrogens is 250 g/mol. The third-order valence-electron chi connectivity index (χ3n) is 3.91. The standard InChI is InChI=1S/C17H25NO2/c1-2-20-17(19)16-11-7-13-18(14-16)12-6-10-15-8-4-3-5-9-15/h3-5,8-9,16H,2,6-7,10-14H2,1H3/t16-/m0/s1. The fourth-order valence-electron chi connectivity index (χ4n) is 2.86. The zero-order valence-electron chi connectivity index (χ0n) is 12.4.